The quantitative estimate of drug-likeness (QED) is 0.279. The number of allylic oxidation sites excluding steroid dienone is 4. The molecule has 2 heterocycles. The van der Waals surface area contributed by atoms with Gasteiger partial charge in [0.05, 0.1) is 5.92 Å². The molecular formula is C29H24N2OS. The standard InChI is InChI=1S/C29H24N2OS/c1-17-12-19(3)26-24(14-17)25-15-18(2)13-23(27(25)33-26)21-10-7-11-22(16-21)29-31-30-28(32-29)20-8-5-4-6-9-20/h4-8,10-16,20H,9H2,1-3H3. The molecule has 0 saturated carbocycles. The van der Waals surface area contributed by atoms with Crippen LogP contribution in [0.2, 0.25) is 0 Å². The summed E-state index contributed by atoms with van der Waals surface area (Å²) in [6.07, 6.45) is 9.23. The lowest BCUT2D eigenvalue weighted by Crippen LogP contribution is -1.96. The number of thiophene rings is 1. The van der Waals surface area contributed by atoms with Gasteiger partial charge in [-0.05, 0) is 79.8 Å². The van der Waals surface area contributed by atoms with Gasteiger partial charge >= 0.3 is 0 Å². The van der Waals surface area contributed by atoms with Gasteiger partial charge in [-0.2, -0.15) is 0 Å². The van der Waals surface area contributed by atoms with Gasteiger partial charge in [-0.1, -0.05) is 48.1 Å². The summed E-state index contributed by atoms with van der Waals surface area (Å²) in [5.74, 6) is 1.40. The van der Waals surface area contributed by atoms with Crippen LogP contribution in [0, 0.1) is 20.8 Å². The molecule has 1 aliphatic rings. The maximum Gasteiger partial charge on any atom is 0.247 e. The van der Waals surface area contributed by atoms with Crippen LogP contribution in [0.25, 0.3) is 42.8 Å². The summed E-state index contributed by atoms with van der Waals surface area (Å²) < 4.78 is 8.78. The van der Waals surface area contributed by atoms with E-state index in [4.69, 9.17) is 4.42 Å². The molecule has 6 rings (SSSR count). The van der Waals surface area contributed by atoms with Gasteiger partial charge < -0.3 is 4.42 Å². The van der Waals surface area contributed by atoms with E-state index < -0.39 is 0 Å². The lowest BCUT2D eigenvalue weighted by atomic mass is 9.98. The Hall–Kier alpha value is -3.50. The summed E-state index contributed by atoms with van der Waals surface area (Å²) in [4.78, 5) is 0. The Balaban J connectivity index is 1.47. The number of aromatic nitrogens is 2. The topological polar surface area (TPSA) is 38.9 Å². The van der Waals surface area contributed by atoms with Crippen LogP contribution < -0.4 is 0 Å². The minimum absolute atomic E-state index is 0.154. The fourth-order valence-electron chi connectivity index (χ4n) is 4.77. The molecule has 2 aromatic heterocycles. The van der Waals surface area contributed by atoms with Crippen LogP contribution in [0.1, 0.15) is 34.9 Å². The van der Waals surface area contributed by atoms with Crippen molar-refractivity contribution in [3.8, 4) is 22.6 Å². The number of hydrogen-bond acceptors (Lipinski definition) is 4. The largest absolute Gasteiger partial charge is 0.420 e. The molecule has 1 atom stereocenters. The van der Waals surface area contributed by atoms with Crippen molar-refractivity contribution in [3.05, 3.63) is 95.4 Å². The summed E-state index contributed by atoms with van der Waals surface area (Å²) in [5, 5.41) is 11.4. The second-order valence-electron chi connectivity index (χ2n) is 8.93. The molecule has 0 bridgehead atoms. The monoisotopic (exact) mass is 448 g/mol. The van der Waals surface area contributed by atoms with E-state index in [0.29, 0.717) is 11.8 Å². The Morgan fingerprint density at radius 1 is 0.848 bits per heavy atom. The van der Waals surface area contributed by atoms with Crippen LogP contribution in [0.5, 0.6) is 0 Å². The smallest absolute Gasteiger partial charge is 0.247 e. The van der Waals surface area contributed by atoms with Crippen LogP contribution in [-0.4, -0.2) is 10.2 Å². The van der Waals surface area contributed by atoms with E-state index in [0.717, 1.165) is 12.0 Å². The molecule has 0 saturated heterocycles. The van der Waals surface area contributed by atoms with E-state index in [9.17, 15) is 0 Å². The molecule has 3 aromatic carbocycles. The average Bonchev–Trinajstić information content (AvgIpc) is 3.45. The van der Waals surface area contributed by atoms with Gasteiger partial charge in [-0.15, -0.1) is 21.5 Å². The molecule has 0 aliphatic heterocycles. The van der Waals surface area contributed by atoms with Crippen molar-refractivity contribution in [1.82, 2.24) is 10.2 Å². The van der Waals surface area contributed by atoms with Crippen molar-refractivity contribution in [2.75, 3.05) is 0 Å². The molecule has 0 amide bonds. The molecule has 1 aliphatic carbocycles. The number of aryl methyl sites for hydroxylation is 3. The minimum atomic E-state index is 0.154. The zero-order chi connectivity index (χ0) is 22.5. The highest BCUT2D eigenvalue weighted by atomic mass is 32.1. The fraction of sp³-hybridized carbons (Fsp3) is 0.172. The zero-order valence-electron chi connectivity index (χ0n) is 18.9. The molecule has 4 heteroatoms. The van der Waals surface area contributed by atoms with E-state index in [1.165, 1.54) is 48.0 Å². The third kappa shape index (κ3) is 3.51. The SMILES string of the molecule is Cc1cc(C)c2sc3c(-c4cccc(-c5nnc(C6C=CC=CC6)o5)c4)cc(C)cc3c2c1. The fourth-order valence-corrected chi connectivity index (χ4v) is 6.04. The maximum atomic E-state index is 6.08. The number of rotatable bonds is 3. The molecular weight excluding hydrogens is 424 g/mol. The Bertz CT molecular complexity index is 1580. The molecule has 0 spiro atoms. The third-order valence-corrected chi connectivity index (χ3v) is 7.70. The van der Waals surface area contributed by atoms with Gasteiger partial charge in [0.2, 0.25) is 11.8 Å². The molecule has 3 nitrogen and oxygen atoms in total. The first-order valence-corrected chi connectivity index (χ1v) is 12.1. The molecule has 0 fully saturated rings. The van der Waals surface area contributed by atoms with Crippen LogP contribution >= 0.6 is 11.3 Å². The molecule has 0 radical (unpaired) electrons. The number of fused-ring (bicyclic) bond motifs is 3. The highest BCUT2D eigenvalue weighted by molar-refractivity contribution is 7.26. The van der Waals surface area contributed by atoms with Crippen LogP contribution in [0.3, 0.4) is 0 Å². The lowest BCUT2D eigenvalue weighted by molar-refractivity contribution is 0.484. The summed E-state index contributed by atoms with van der Waals surface area (Å²) in [7, 11) is 0. The molecule has 162 valence electrons. The Morgan fingerprint density at radius 3 is 2.45 bits per heavy atom. The minimum Gasteiger partial charge on any atom is -0.420 e. The van der Waals surface area contributed by atoms with Crippen molar-refractivity contribution in [2.24, 2.45) is 0 Å². The van der Waals surface area contributed by atoms with Crippen LogP contribution in [0.15, 0.2) is 77.3 Å². The average molecular weight is 449 g/mol. The van der Waals surface area contributed by atoms with Crippen molar-refractivity contribution in [1.29, 1.82) is 0 Å². The van der Waals surface area contributed by atoms with E-state index in [1.807, 2.05) is 23.5 Å². The van der Waals surface area contributed by atoms with Gasteiger partial charge in [-0.3, -0.25) is 0 Å². The second-order valence-corrected chi connectivity index (χ2v) is 9.95. The predicted octanol–water partition coefficient (Wildman–Crippen LogP) is 8.30. The van der Waals surface area contributed by atoms with E-state index in [2.05, 4.69) is 91.7 Å². The van der Waals surface area contributed by atoms with E-state index in [-0.39, 0.29) is 5.92 Å². The van der Waals surface area contributed by atoms with Gasteiger partial charge in [0.15, 0.2) is 0 Å². The zero-order valence-corrected chi connectivity index (χ0v) is 19.7. The lowest BCUT2D eigenvalue weighted by Gasteiger charge is -2.08. The van der Waals surface area contributed by atoms with E-state index in [1.54, 1.807) is 0 Å². The molecule has 1 unspecified atom stereocenters. The van der Waals surface area contributed by atoms with Crippen molar-refractivity contribution in [2.45, 2.75) is 33.1 Å². The molecule has 0 N–H and O–H groups in total. The van der Waals surface area contributed by atoms with Crippen LogP contribution in [-0.2, 0) is 0 Å². The number of nitrogens with zero attached hydrogens (tertiary/aromatic N) is 2. The van der Waals surface area contributed by atoms with Gasteiger partial charge in [0.25, 0.3) is 0 Å². The van der Waals surface area contributed by atoms with Crippen molar-refractivity contribution in [3.63, 3.8) is 0 Å². The van der Waals surface area contributed by atoms with Crippen molar-refractivity contribution >= 4 is 31.5 Å². The van der Waals surface area contributed by atoms with Crippen LogP contribution in [0.4, 0.5) is 0 Å². The van der Waals surface area contributed by atoms with Gasteiger partial charge in [0, 0.05) is 25.7 Å². The Kier molecular flexibility index (Phi) is 4.77. The molecule has 5 aromatic rings. The first kappa shape index (κ1) is 20.1. The summed E-state index contributed by atoms with van der Waals surface area (Å²) in [6, 6.07) is 17.7. The van der Waals surface area contributed by atoms with Gasteiger partial charge in [0.1, 0.15) is 0 Å². The summed E-state index contributed by atoms with van der Waals surface area (Å²) in [6.45, 7) is 6.56. The van der Waals surface area contributed by atoms with Crippen molar-refractivity contribution < 1.29 is 4.42 Å². The number of hydrogen-bond donors (Lipinski definition) is 0. The predicted molar refractivity (Wildman–Crippen MR) is 138 cm³/mol. The highest BCUT2D eigenvalue weighted by Crippen LogP contribution is 2.43. The highest BCUT2D eigenvalue weighted by Gasteiger charge is 2.18. The summed E-state index contributed by atoms with van der Waals surface area (Å²) >= 11 is 1.89. The molecule has 33 heavy (non-hydrogen) atoms. The Labute approximate surface area is 197 Å². The van der Waals surface area contributed by atoms with Gasteiger partial charge in [-0.25, -0.2) is 0 Å². The first-order valence-electron chi connectivity index (χ1n) is 11.3. The second kappa shape index (κ2) is 7.82. The maximum absolute atomic E-state index is 6.08. The number of benzene rings is 3. The van der Waals surface area contributed by atoms with E-state index >= 15 is 0 Å². The normalized spacial score (nSPS) is 15.7. The third-order valence-electron chi connectivity index (χ3n) is 6.31. The Morgan fingerprint density at radius 2 is 1.64 bits per heavy atom. The first-order chi connectivity index (χ1) is 16.1. The summed E-state index contributed by atoms with van der Waals surface area (Å²) in [5.41, 5.74) is 7.28.